The molecule has 0 aliphatic heterocycles. The molecule has 0 unspecified atom stereocenters. The van der Waals surface area contributed by atoms with Gasteiger partial charge >= 0.3 is 0 Å². The molecule has 20 heavy (non-hydrogen) atoms. The van der Waals surface area contributed by atoms with Crippen LogP contribution in [0.2, 0.25) is 0 Å². The van der Waals surface area contributed by atoms with Crippen molar-refractivity contribution in [1.29, 1.82) is 0 Å². The smallest absolute Gasteiger partial charge is 0.265 e. The summed E-state index contributed by atoms with van der Waals surface area (Å²) in [6.07, 6.45) is 5.16. The minimum Gasteiger partial charge on any atom is -0.436 e. The van der Waals surface area contributed by atoms with E-state index < -0.39 is 0 Å². The van der Waals surface area contributed by atoms with Crippen LogP contribution in [0.25, 0.3) is 5.65 Å². The Morgan fingerprint density at radius 2 is 2.25 bits per heavy atom. The Labute approximate surface area is 115 Å². The summed E-state index contributed by atoms with van der Waals surface area (Å²) in [6.45, 7) is 0.528. The van der Waals surface area contributed by atoms with Crippen LogP contribution < -0.4 is 10.5 Å². The first-order valence-corrected chi connectivity index (χ1v) is 6.11. The number of ether oxygens (including phenoxy) is 2. The predicted octanol–water partition coefficient (Wildman–Crippen LogP) is 2.25. The van der Waals surface area contributed by atoms with Gasteiger partial charge in [0.15, 0.2) is 0 Å². The lowest BCUT2D eigenvalue weighted by atomic mass is 10.2. The monoisotopic (exact) mass is 270 g/mol. The topological polar surface area (TPSA) is 74.7 Å². The third-order valence-corrected chi connectivity index (χ3v) is 2.79. The summed E-state index contributed by atoms with van der Waals surface area (Å²) < 4.78 is 12.7. The molecule has 102 valence electrons. The summed E-state index contributed by atoms with van der Waals surface area (Å²) in [6, 6.07) is 7.62. The maximum Gasteiger partial charge on any atom is 0.265 e. The summed E-state index contributed by atoms with van der Waals surface area (Å²) in [7, 11) is 1.65. The van der Waals surface area contributed by atoms with Gasteiger partial charge in [0, 0.05) is 19.5 Å². The fourth-order valence-corrected chi connectivity index (χ4v) is 1.97. The maximum absolute atomic E-state index is 5.79. The van der Waals surface area contributed by atoms with E-state index in [2.05, 4.69) is 9.97 Å². The second-order valence-corrected chi connectivity index (χ2v) is 4.31. The van der Waals surface area contributed by atoms with Gasteiger partial charge in [-0.25, -0.2) is 4.98 Å². The number of methoxy groups -OCH3 is 1. The van der Waals surface area contributed by atoms with Crippen LogP contribution in [-0.2, 0) is 11.3 Å². The molecule has 6 heteroatoms. The van der Waals surface area contributed by atoms with Crippen LogP contribution >= 0.6 is 0 Å². The van der Waals surface area contributed by atoms with Crippen molar-refractivity contribution in [2.24, 2.45) is 0 Å². The highest BCUT2D eigenvalue weighted by Crippen LogP contribution is 2.25. The van der Waals surface area contributed by atoms with E-state index in [-0.39, 0.29) is 0 Å². The highest BCUT2D eigenvalue weighted by molar-refractivity contribution is 5.54. The molecular weight excluding hydrogens is 256 g/mol. The molecule has 2 heterocycles. The van der Waals surface area contributed by atoms with Crippen molar-refractivity contribution >= 4 is 11.5 Å². The zero-order valence-corrected chi connectivity index (χ0v) is 11.0. The predicted molar refractivity (Wildman–Crippen MR) is 74.6 cm³/mol. The van der Waals surface area contributed by atoms with E-state index in [1.807, 2.05) is 24.3 Å². The fraction of sp³-hybridized carbons (Fsp3) is 0.143. The minimum atomic E-state index is 0.374. The Morgan fingerprint density at radius 1 is 1.35 bits per heavy atom. The van der Waals surface area contributed by atoms with Gasteiger partial charge in [-0.3, -0.25) is 4.40 Å². The van der Waals surface area contributed by atoms with E-state index in [9.17, 15) is 0 Å². The molecule has 0 bridgehead atoms. The molecule has 3 aromatic rings. The molecule has 0 radical (unpaired) electrons. The third-order valence-electron chi connectivity index (χ3n) is 2.79. The molecule has 0 amide bonds. The Morgan fingerprint density at radius 3 is 3.10 bits per heavy atom. The second-order valence-electron chi connectivity index (χ2n) is 4.31. The van der Waals surface area contributed by atoms with Crippen molar-refractivity contribution in [3.63, 3.8) is 0 Å². The Balaban J connectivity index is 1.96. The van der Waals surface area contributed by atoms with Crippen molar-refractivity contribution in [3.8, 4) is 11.6 Å². The molecule has 1 aromatic carbocycles. The number of imidazole rings is 1. The molecular formula is C14H14N4O2. The van der Waals surface area contributed by atoms with Gasteiger partial charge in [-0.15, -0.1) is 0 Å². The molecule has 0 aliphatic carbocycles. The van der Waals surface area contributed by atoms with Gasteiger partial charge in [0.2, 0.25) is 5.65 Å². The second kappa shape index (κ2) is 5.18. The zero-order chi connectivity index (χ0) is 13.9. The molecule has 2 aromatic heterocycles. The summed E-state index contributed by atoms with van der Waals surface area (Å²) in [5.41, 5.74) is 7.40. The number of hydrogen-bond donors (Lipinski definition) is 1. The minimum absolute atomic E-state index is 0.374. The first-order valence-electron chi connectivity index (χ1n) is 6.11. The van der Waals surface area contributed by atoms with Crippen molar-refractivity contribution in [3.05, 3.63) is 48.4 Å². The lowest BCUT2D eigenvalue weighted by Crippen LogP contribution is -1.99. The van der Waals surface area contributed by atoms with Crippen LogP contribution in [-0.4, -0.2) is 21.5 Å². The first-order chi connectivity index (χ1) is 9.76. The first kappa shape index (κ1) is 12.4. The van der Waals surface area contributed by atoms with Crippen molar-refractivity contribution in [2.75, 3.05) is 12.8 Å². The van der Waals surface area contributed by atoms with Gasteiger partial charge < -0.3 is 15.2 Å². The lowest BCUT2D eigenvalue weighted by molar-refractivity contribution is 0.184. The lowest BCUT2D eigenvalue weighted by Gasteiger charge is -2.08. The van der Waals surface area contributed by atoms with Crippen molar-refractivity contribution in [1.82, 2.24) is 14.4 Å². The van der Waals surface area contributed by atoms with Gasteiger partial charge in [-0.05, 0) is 17.7 Å². The van der Waals surface area contributed by atoms with Crippen LogP contribution in [0.1, 0.15) is 5.56 Å². The van der Waals surface area contributed by atoms with E-state index in [0.717, 1.165) is 5.56 Å². The highest BCUT2D eigenvalue weighted by atomic mass is 16.5. The molecule has 0 fully saturated rings. The average Bonchev–Trinajstić information content (AvgIpc) is 2.87. The van der Waals surface area contributed by atoms with Gasteiger partial charge in [-0.1, -0.05) is 12.1 Å². The maximum atomic E-state index is 5.79. The summed E-state index contributed by atoms with van der Waals surface area (Å²) in [4.78, 5) is 8.40. The number of fused-ring (bicyclic) bond motifs is 1. The Kier molecular flexibility index (Phi) is 3.22. The van der Waals surface area contributed by atoms with E-state index in [1.165, 1.54) is 0 Å². The molecule has 3 rings (SSSR count). The van der Waals surface area contributed by atoms with E-state index in [4.69, 9.17) is 15.2 Å². The summed E-state index contributed by atoms with van der Waals surface area (Å²) in [5, 5.41) is 0. The Bertz CT molecular complexity index is 739. The van der Waals surface area contributed by atoms with Gasteiger partial charge in [0.25, 0.3) is 5.88 Å². The SMILES string of the molecule is COCc1cccc(Oc2nc(N)cn3ccnc23)c1. The van der Waals surface area contributed by atoms with Crippen LogP contribution in [0, 0.1) is 0 Å². The van der Waals surface area contributed by atoms with Crippen molar-refractivity contribution in [2.45, 2.75) is 6.61 Å². The summed E-state index contributed by atoms with van der Waals surface area (Å²) in [5.74, 6) is 1.42. The number of nitrogens with zero attached hydrogens (tertiary/aromatic N) is 3. The van der Waals surface area contributed by atoms with Crippen LogP contribution in [0.3, 0.4) is 0 Å². The van der Waals surface area contributed by atoms with Gasteiger partial charge in [-0.2, -0.15) is 4.98 Å². The van der Waals surface area contributed by atoms with E-state index in [1.54, 1.807) is 30.1 Å². The van der Waals surface area contributed by atoms with Gasteiger partial charge in [0.1, 0.15) is 11.6 Å². The van der Waals surface area contributed by atoms with Gasteiger partial charge in [0.05, 0.1) is 12.8 Å². The normalized spacial score (nSPS) is 10.8. The molecule has 2 N–H and O–H groups in total. The molecule has 6 nitrogen and oxygen atoms in total. The average molecular weight is 270 g/mol. The quantitative estimate of drug-likeness (QED) is 0.787. The van der Waals surface area contributed by atoms with Crippen LogP contribution in [0.4, 0.5) is 5.82 Å². The number of rotatable bonds is 4. The number of nitrogen functional groups attached to an aromatic ring is 1. The standard InChI is InChI=1S/C14H14N4O2/c1-19-9-10-3-2-4-11(7-10)20-14-13-16-5-6-18(13)8-12(15)17-14/h2-8H,9,15H2,1H3. The zero-order valence-electron chi connectivity index (χ0n) is 11.0. The number of benzene rings is 1. The van der Waals surface area contributed by atoms with Crippen LogP contribution in [0.5, 0.6) is 11.6 Å². The molecule has 0 saturated carbocycles. The Hall–Kier alpha value is -2.60. The molecule has 0 aliphatic rings. The molecule has 0 atom stereocenters. The largest absolute Gasteiger partial charge is 0.436 e. The van der Waals surface area contributed by atoms with E-state index in [0.29, 0.717) is 29.7 Å². The van der Waals surface area contributed by atoms with Crippen LogP contribution in [0.15, 0.2) is 42.9 Å². The fourth-order valence-electron chi connectivity index (χ4n) is 1.97. The number of anilines is 1. The molecule has 0 spiro atoms. The number of aromatic nitrogens is 3. The third kappa shape index (κ3) is 2.41. The summed E-state index contributed by atoms with van der Waals surface area (Å²) >= 11 is 0. The number of hydrogen-bond acceptors (Lipinski definition) is 5. The molecule has 0 saturated heterocycles. The van der Waals surface area contributed by atoms with E-state index >= 15 is 0 Å². The van der Waals surface area contributed by atoms with Crippen molar-refractivity contribution < 1.29 is 9.47 Å². The number of nitrogens with two attached hydrogens (primary N) is 1. The highest BCUT2D eigenvalue weighted by Gasteiger charge is 2.09.